The van der Waals surface area contributed by atoms with E-state index in [2.05, 4.69) is 15.3 Å². The summed E-state index contributed by atoms with van der Waals surface area (Å²) in [5.74, 6) is 0.828. The zero-order valence-electron chi connectivity index (χ0n) is 10.7. The molecule has 1 N–H and O–H groups in total. The van der Waals surface area contributed by atoms with E-state index in [0.29, 0.717) is 22.2 Å². The largest absolute Gasteiger partial charge is 0.373 e. The first kappa shape index (κ1) is 12.8. The van der Waals surface area contributed by atoms with E-state index < -0.39 is 0 Å². The first-order valence-corrected chi connectivity index (χ1v) is 6.46. The highest BCUT2D eigenvalue weighted by Crippen LogP contribution is 2.27. The van der Waals surface area contributed by atoms with Gasteiger partial charge in [0.15, 0.2) is 5.82 Å². The van der Waals surface area contributed by atoms with Gasteiger partial charge in [-0.25, -0.2) is 14.4 Å². The van der Waals surface area contributed by atoms with Crippen molar-refractivity contribution >= 4 is 28.3 Å². The van der Waals surface area contributed by atoms with Gasteiger partial charge < -0.3 is 5.32 Å². The number of hydrogen-bond donors (Lipinski definition) is 1. The molecule has 0 fully saturated rings. The number of halogens is 2. The van der Waals surface area contributed by atoms with E-state index >= 15 is 0 Å². The van der Waals surface area contributed by atoms with Crippen LogP contribution < -0.4 is 5.32 Å². The van der Waals surface area contributed by atoms with Crippen molar-refractivity contribution in [2.75, 3.05) is 12.4 Å². The number of benzene rings is 2. The van der Waals surface area contributed by atoms with E-state index in [0.717, 1.165) is 10.9 Å². The quantitative estimate of drug-likeness (QED) is 0.770. The Hall–Kier alpha value is -2.20. The number of nitrogens with zero attached hydrogens (tertiary/aromatic N) is 2. The normalized spacial score (nSPS) is 10.8. The summed E-state index contributed by atoms with van der Waals surface area (Å²) >= 11 is 5.99. The molecule has 3 rings (SSSR count). The van der Waals surface area contributed by atoms with E-state index in [1.807, 2.05) is 6.07 Å². The molecule has 1 aromatic heterocycles. The summed E-state index contributed by atoms with van der Waals surface area (Å²) in [7, 11) is 1.78. The van der Waals surface area contributed by atoms with Crippen LogP contribution in [0.15, 0.2) is 42.5 Å². The summed E-state index contributed by atoms with van der Waals surface area (Å²) in [4.78, 5) is 8.88. The monoisotopic (exact) mass is 287 g/mol. The third-order valence-electron chi connectivity index (χ3n) is 2.98. The van der Waals surface area contributed by atoms with Gasteiger partial charge in [-0.1, -0.05) is 23.7 Å². The van der Waals surface area contributed by atoms with Gasteiger partial charge >= 0.3 is 0 Å². The molecule has 0 aliphatic heterocycles. The summed E-state index contributed by atoms with van der Waals surface area (Å²) in [6.07, 6.45) is 0. The number of aromatic nitrogens is 2. The molecule has 100 valence electrons. The molecule has 0 amide bonds. The molecular formula is C15H11ClFN3. The average Bonchev–Trinajstić information content (AvgIpc) is 2.46. The van der Waals surface area contributed by atoms with Crippen LogP contribution in [0.4, 0.5) is 10.2 Å². The minimum Gasteiger partial charge on any atom is -0.373 e. The fraction of sp³-hybridized carbons (Fsp3) is 0.0667. The van der Waals surface area contributed by atoms with Crippen molar-refractivity contribution in [1.29, 1.82) is 0 Å². The minimum absolute atomic E-state index is 0.312. The second-order valence-electron chi connectivity index (χ2n) is 4.32. The Kier molecular flexibility index (Phi) is 3.24. The number of anilines is 1. The van der Waals surface area contributed by atoms with E-state index in [9.17, 15) is 4.39 Å². The molecule has 3 aromatic rings. The van der Waals surface area contributed by atoms with Crippen LogP contribution in [0.1, 0.15) is 0 Å². The van der Waals surface area contributed by atoms with Crippen LogP contribution in [-0.2, 0) is 0 Å². The molecule has 0 aliphatic carbocycles. The standard InChI is InChI=1S/C15H11ClFN3/c1-18-15-12-8-10(16)5-6-13(12)19-14(20-15)9-3-2-4-11(17)7-9/h2-8H,1H3,(H,18,19,20). The summed E-state index contributed by atoms with van der Waals surface area (Å²) in [5, 5.41) is 4.47. The van der Waals surface area contributed by atoms with Gasteiger partial charge in [-0.2, -0.15) is 0 Å². The average molecular weight is 288 g/mol. The van der Waals surface area contributed by atoms with Crippen molar-refractivity contribution in [3.05, 3.63) is 53.3 Å². The zero-order valence-corrected chi connectivity index (χ0v) is 11.4. The van der Waals surface area contributed by atoms with Crippen molar-refractivity contribution < 1.29 is 4.39 Å². The van der Waals surface area contributed by atoms with E-state index in [1.54, 1.807) is 31.3 Å². The fourth-order valence-electron chi connectivity index (χ4n) is 2.05. The molecule has 5 heteroatoms. The van der Waals surface area contributed by atoms with Gasteiger partial charge in [0.2, 0.25) is 0 Å². The second kappa shape index (κ2) is 5.06. The van der Waals surface area contributed by atoms with Crippen molar-refractivity contribution in [2.24, 2.45) is 0 Å². The second-order valence-corrected chi connectivity index (χ2v) is 4.75. The lowest BCUT2D eigenvalue weighted by molar-refractivity contribution is 0.628. The van der Waals surface area contributed by atoms with Gasteiger partial charge in [-0.05, 0) is 30.3 Å². The highest BCUT2D eigenvalue weighted by molar-refractivity contribution is 6.31. The minimum atomic E-state index is -0.312. The molecule has 1 heterocycles. The van der Waals surface area contributed by atoms with E-state index in [-0.39, 0.29) is 5.82 Å². The molecule has 3 nitrogen and oxygen atoms in total. The predicted molar refractivity (Wildman–Crippen MR) is 79.5 cm³/mol. The molecule has 0 radical (unpaired) electrons. The lowest BCUT2D eigenvalue weighted by Gasteiger charge is -2.08. The van der Waals surface area contributed by atoms with Gasteiger partial charge in [-0.15, -0.1) is 0 Å². The van der Waals surface area contributed by atoms with E-state index in [1.165, 1.54) is 12.1 Å². The molecule has 0 unspecified atom stereocenters. The van der Waals surface area contributed by atoms with Crippen molar-refractivity contribution in [2.45, 2.75) is 0 Å². The van der Waals surface area contributed by atoms with Gasteiger partial charge in [0, 0.05) is 23.0 Å². The highest BCUT2D eigenvalue weighted by atomic mass is 35.5. The Bertz CT molecular complexity index is 789. The molecule has 2 aromatic carbocycles. The van der Waals surface area contributed by atoms with Crippen LogP contribution >= 0.6 is 11.6 Å². The molecule has 0 aliphatic rings. The molecule has 0 atom stereocenters. The number of nitrogens with one attached hydrogen (secondary N) is 1. The number of rotatable bonds is 2. The summed E-state index contributed by atoms with van der Waals surface area (Å²) in [5.41, 5.74) is 1.39. The lowest BCUT2D eigenvalue weighted by atomic mass is 10.2. The van der Waals surface area contributed by atoms with Crippen LogP contribution in [0.2, 0.25) is 5.02 Å². The lowest BCUT2D eigenvalue weighted by Crippen LogP contribution is -1.99. The smallest absolute Gasteiger partial charge is 0.162 e. The highest BCUT2D eigenvalue weighted by Gasteiger charge is 2.09. The Labute approximate surface area is 120 Å². The molecular weight excluding hydrogens is 277 g/mol. The maximum Gasteiger partial charge on any atom is 0.162 e. The number of hydrogen-bond acceptors (Lipinski definition) is 3. The first-order chi connectivity index (χ1) is 9.67. The van der Waals surface area contributed by atoms with Crippen molar-refractivity contribution in [3.63, 3.8) is 0 Å². The Morgan fingerprint density at radius 2 is 1.95 bits per heavy atom. The van der Waals surface area contributed by atoms with Crippen LogP contribution in [0, 0.1) is 5.82 Å². The molecule has 0 saturated carbocycles. The van der Waals surface area contributed by atoms with Crippen LogP contribution in [0.3, 0.4) is 0 Å². The summed E-state index contributed by atoms with van der Waals surface area (Å²) in [6.45, 7) is 0. The summed E-state index contributed by atoms with van der Waals surface area (Å²) < 4.78 is 13.3. The topological polar surface area (TPSA) is 37.8 Å². The van der Waals surface area contributed by atoms with Crippen molar-refractivity contribution in [1.82, 2.24) is 9.97 Å². The third kappa shape index (κ3) is 2.30. The zero-order chi connectivity index (χ0) is 14.1. The summed E-state index contributed by atoms with van der Waals surface area (Å²) in [6, 6.07) is 11.6. The van der Waals surface area contributed by atoms with Gasteiger partial charge in [0.25, 0.3) is 0 Å². The van der Waals surface area contributed by atoms with E-state index in [4.69, 9.17) is 11.6 Å². The molecule has 0 bridgehead atoms. The van der Waals surface area contributed by atoms with Gasteiger partial charge in [-0.3, -0.25) is 0 Å². The Morgan fingerprint density at radius 3 is 2.70 bits per heavy atom. The molecule has 20 heavy (non-hydrogen) atoms. The SMILES string of the molecule is CNc1nc(-c2cccc(F)c2)nc2ccc(Cl)cc12. The number of fused-ring (bicyclic) bond motifs is 1. The predicted octanol–water partition coefficient (Wildman–Crippen LogP) is 4.13. The fourth-order valence-corrected chi connectivity index (χ4v) is 2.22. The van der Waals surface area contributed by atoms with Crippen LogP contribution in [-0.4, -0.2) is 17.0 Å². The Morgan fingerprint density at radius 1 is 1.10 bits per heavy atom. The molecule has 0 spiro atoms. The van der Waals surface area contributed by atoms with Gasteiger partial charge in [0.05, 0.1) is 5.52 Å². The maximum atomic E-state index is 13.3. The maximum absolute atomic E-state index is 13.3. The van der Waals surface area contributed by atoms with Gasteiger partial charge in [0.1, 0.15) is 11.6 Å². The first-order valence-electron chi connectivity index (χ1n) is 6.08. The van der Waals surface area contributed by atoms with Crippen LogP contribution in [0.25, 0.3) is 22.3 Å². The molecule has 0 saturated heterocycles. The Balaban J connectivity index is 2.25. The third-order valence-corrected chi connectivity index (χ3v) is 3.21. The van der Waals surface area contributed by atoms with Crippen molar-refractivity contribution in [3.8, 4) is 11.4 Å². The van der Waals surface area contributed by atoms with Crippen LogP contribution in [0.5, 0.6) is 0 Å².